The SMILES string of the molecule is Cc1cccc(COc2ccc(CC(=N)N)cc2)n1. The van der Waals surface area contributed by atoms with Gasteiger partial charge in [-0.25, -0.2) is 0 Å². The van der Waals surface area contributed by atoms with Crippen LogP contribution in [0.3, 0.4) is 0 Å². The number of amidine groups is 1. The van der Waals surface area contributed by atoms with Gasteiger partial charge in [0.05, 0.1) is 11.5 Å². The molecule has 0 spiro atoms. The van der Waals surface area contributed by atoms with Crippen LogP contribution in [0.25, 0.3) is 0 Å². The summed E-state index contributed by atoms with van der Waals surface area (Å²) in [6.07, 6.45) is 0.472. The molecule has 2 rings (SSSR count). The molecule has 1 aromatic heterocycles. The fourth-order valence-electron chi connectivity index (χ4n) is 1.76. The minimum absolute atomic E-state index is 0.164. The van der Waals surface area contributed by atoms with Gasteiger partial charge in [-0.15, -0.1) is 0 Å². The second kappa shape index (κ2) is 6.00. The quantitative estimate of drug-likeness (QED) is 0.636. The molecule has 3 N–H and O–H groups in total. The summed E-state index contributed by atoms with van der Waals surface area (Å²) in [6.45, 7) is 2.41. The second-order valence-electron chi connectivity index (χ2n) is 4.40. The highest BCUT2D eigenvalue weighted by Gasteiger charge is 1.99. The van der Waals surface area contributed by atoms with Crippen LogP contribution >= 0.6 is 0 Å². The predicted octanol–water partition coefficient (Wildman–Crippen LogP) is 2.45. The summed E-state index contributed by atoms with van der Waals surface area (Å²) in [5, 5.41) is 7.24. The smallest absolute Gasteiger partial charge is 0.130 e. The van der Waals surface area contributed by atoms with E-state index in [4.69, 9.17) is 15.9 Å². The van der Waals surface area contributed by atoms with Crippen LogP contribution in [0.5, 0.6) is 5.75 Å². The van der Waals surface area contributed by atoms with E-state index in [-0.39, 0.29) is 5.84 Å². The Morgan fingerprint density at radius 1 is 1.21 bits per heavy atom. The van der Waals surface area contributed by atoms with Crippen LogP contribution in [0.1, 0.15) is 17.0 Å². The molecule has 0 saturated carbocycles. The number of aryl methyl sites for hydroxylation is 1. The van der Waals surface area contributed by atoms with Crippen molar-refractivity contribution in [2.24, 2.45) is 5.73 Å². The summed E-state index contributed by atoms with van der Waals surface area (Å²) in [6, 6.07) is 13.5. The topological polar surface area (TPSA) is 72.0 Å². The first-order chi connectivity index (χ1) is 9.13. The van der Waals surface area contributed by atoms with Crippen molar-refractivity contribution in [3.05, 3.63) is 59.4 Å². The minimum atomic E-state index is 0.164. The van der Waals surface area contributed by atoms with Gasteiger partial charge in [0.1, 0.15) is 12.4 Å². The van der Waals surface area contributed by atoms with E-state index in [0.29, 0.717) is 13.0 Å². The van der Waals surface area contributed by atoms with Gasteiger partial charge in [-0.1, -0.05) is 18.2 Å². The predicted molar refractivity (Wildman–Crippen MR) is 75.4 cm³/mol. The lowest BCUT2D eigenvalue weighted by Crippen LogP contribution is -2.12. The maximum Gasteiger partial charge on any atom is 0.130 e. The molecule has 0 amide bonds. The van der Waals surface area contributed by atoms with E-state index >= 15 is 0 Å². The zero-order valence-corrected chi connectivity index (χ0v) is 10.9. The first-order valence-corrected chi connectivity index (χ1v) is 6.10. The molecule has 0 aliphatic heterocycles. The molecule has 0 atom stereocenters. The Morgan fingerprint density at radius 3 is 2.58 bits per heavy atom. The van der Waals surface area contributed by atoms with Gasteiger partial charge >= 0.3 is 0 Å². The summed E-state index contributed by atoms with van der Waals surface area (Å²) in [4.78, 5) is 4.38. The molecule has 0 bridgehead atoms. The fraction of sp³-hybridized carbons (Fsp3) is 0.200. The van der Waals surface area contributed by atoms with Crippen LogP contribution in [-0.4, -0.2) is 10.8 Å². The van der Waals surface area contributed by atoms with Gasteiger partial charge in [-0.3, -0.25) is 10.4 Å². The number of nitrogens with zero attached hydrogens (tertiary/aromatic N) is 1. The number of nitrogens with two attached hydrogens (primary N) is 1. The average molecular weight is 255 g/mol. The van der Waals surface area contributed by atoms with Gasteiger partial charge in [-0.05, 0) is 36.8 Å². The third-order valence-electron chi connectivity index (χ3n) is 2.65. The third kappa shape index (κ3) is 4.10. The Labute approximate surface area is 112 Å². The van der Waals surface area contributed by atoms with Crippen molar-refractivity contribution < 1.29 is 4.74 Å². The Balaban J connectivity index is 1.94. The van der Waals surface area contributed by atoms with Gasteiger partial charge in [-0.2, -0.15) is 0 Å². The number of pyridine rings is 1. The zero-order valence-electron chi connectivity index (χ0n) is 10.9. The summed E-state index contributed by atoms with van der Waals surface area (Å²) in [5.41, 5.74) is 8.26. The standard InChI is InChI=1S/C15H17N3O/c1-11-3-2-4-13(18-11)10-19-14-7-5-12(6-8-14)9-15(16)17/h2-8H,9-10H2,1H3,(H3,16,17). The third-order valence-corrected chi connectivity index (χ3v) is 2.65. The molecule has 2 aromatic rings. The normalized spacial score (nSPS) is 10.2. The Morgan fingerprint density at radius 2 is 1.95 bits per heavy atom. The first kappa shape index (κ1) is 13.1. The molecule has 0 aliphatic carbocycles. The summed E-state index contributed by atoms with van der Waals surface area (Å²) in [5.74, 6) is 0.952. The molecular weight excluding hydrogens is 238 g/mol. The molecule has 19 heavy (non-hydrogen) atoms. The lowest BCUT2D eigenvalue weighted by Gasteiger charge is -2.07. The van der Waals surface area contributed by atoms with Crippen molar-refractivity contribution in [2.75, 3.05) is 0 Å². The molecule has 1 aromatic carbocycles. The van der Waals surface area contributed by atoms with E-state index < -0.39 is 0 Å². The fourth-order valence-corrected chi connectivity index (χ4v) is 1.76. The zero-order chi connectivity index (χ0) is 13.7. The van der Waals surface area contributed by atoms with Gasteiger partial charge in [0, 0.05) is 12.1 Å². The highest BCUT2D eigenvalue weighted by molar-refractivity contribution is 5.79. The largest absolute Gasteiger partial charge is 0.487 e. The molecule has 4 nitrogen and oxygen atoms in total. The summed E-state index contributed by atoms with van der Waals surface area (Å²) >= 11 is 0. The van der Waals surface area contributed by atoms with Crippen molar-refractivity contribution in [3.63, 3.8) is 0 Å². The van der Waals surface area contributed by atoms with Crippen molar-refractivity contribution >= 4 is 5.84 Å². The molecule has 0 aliphatic rings. The number of aromatic nitrogens is 1. The molecule has 1 heterocycles. The van der Waals surface area contributed by atoms with Crippen molar-refractivity contribution in [1.82, 2.24) is 4.98 Å². The van der Waals surface area contributed by atoms with Gasteiger partial charge in [0.2, 0.25) is 0 Å². The van der Waals surface area contributed by atoms with E-state index in [1.165, 1.54) is 0 Å². The number of hydrogen-bond donors (Lipinski definition) is 2. The minimum Gasteiger partial charge on any atom is -0.487 e. The number of ether oxygens (including phenoxy) is 1. The molecule has 0 saturated heterocycles. The molecule has 0 unspecified atom stereocenters. The molecule has 98 valence electrons. The first-order valence-electron chi connectivity index (χ1n) is 6.10. The van der Waals surface area contributed by atoms with E-state index in [0.717, 1.165) is 22.7 Å². The number of benzene rings is 1. The number of rotatable bonds is 5. The Hall–Kier alpha value is -2.36. The number of hydrogen-bond acceptors (Lipinski definition) is 3. The lowest BCUT2D eigenvalue weighted by molar-refractivity contribution is 0.301. The van der Waals surface area contributed by atoms with Crippen LogP contribution in [-0.2, 0) is 13.0 Å². The average Bonchev–Trinajstić information content (AvgIpc) is 2.37. The van der Waals surface area contributed by atoms with E-state index in [9.17, 15) is 0 Å². The molecular formula is C15H17N3O. The Bertz CT molecular complexity index is 564. The van der Waals surface area contributed by atoms with Gasteiger partial charge in [0.25, 0.3) is 0 Å². The molecule has 4 heteroatoms. The van der Waals surface area contributed by atoms with E-state index in [1.54, 1.807) is 0 Å². The maximum absolute atomic E-state index is 7.24. The van der Waals surface area contributed by atoms with E-state index in [2.05, 4.69) is 4.98 Å². The summed E-state index contributed by atoms with van der Waals surface area (Å²) < 4.78 is 5.66. The van der Waals surface area contributed by atoms with Crippen LogP contribution in [0.15, 0.2) is 42.5 Å². The highest BCUT2D eigenvalue weighted by Crippen LogP contribution is 2.14. The highest BCUT2D eigenvalue weighted by atomic mass is 16.5. The van der Waals surface area contributed by atoms with Gasteiger partial charge in [0.15, 0.2) is 0 Å². The number of nitrogens with one attached hydrogen (secondary N) is 1. The van der Waals surface area contributed by atoms with Crippen molar-refractivity contribution in [1.29, 1.82) is 5.41 Å². The van der Waals surface area contributed by atoms with Crippen LogP contribution < -0.4 is 10.5 Å². The monoisotopic (exact) mass is 255 g/mol. The van der Waals surface area contributed by atoms with E-state index in [1.807, 2.05) is 49.4 Å². The molecule has 0 fully saturated rings. The van der Waals surface area contributed by atoms with Gasteiger partial charge < -0.3 is 10.5 Å². The van der Waals surface area contributed by atoms with Crippen LogP contribution in [0.2, 0.25) is 0 Å². The van der Waals surface area contributed by atoms with Crippen LogP contribution in [0.4, 0.5) is 0 Å². The summed E-state index contributed by atoms with van der Waals surface area (Å²) in [7, 11) is 0. The lowest BCUT2D eigenvalue weighted by atomic mass is 10.1. The maximum atomic E-state index is 7.24. The van der Waals surface area contributed by atoms with Crippen LogP contribution in [0, 0.1) is 12.3 Å². The molecule has 0 radical (unpaired) electrons. The van der Waals surface area contributed by atoms with Crippen molar-refractivity contribution in [3.8, 4) is 5.75 Å². The van der Waals surface area contributed by atoms with Crippen molar-refractivity contribution in [2.45, 2.75) is 20.0 Å². The Kier molecular flexibility index (Phi) is 4.13. The second-order valence-corrected chi connectivity index (χ2v) is 4.40.